The van der Waals surface area contributed by atoms with Crippen molar-refractivity contribution in [3.8, 4) is 12.3 Å². The lowest BCUT2D eigenvalue weighted by Crippen LogP contribution is -2.27. The number of aliphatic hydroxyl groups is 1. The van der Waals surface area contributed by atoms with Crippen LogP contribution in [0.5, 0.6) is 0 Å². The van der Waals surface area contributed by atoms with Crippen molar-refractivity contribution in [1.29, 1.82) is 0 Å². The van der Waals surface area contributed by atoms with E-state index in [0.717, 1.165) is 5.57 Å². The highest BCUT2D eigenvalue weighted by molar-refractivity contribution is 5.53. The number of nitrogens with zero attached hydrogens (tertiary/aromatic N) is 2. The second-order valence-electron chi connectivity index (χ2n) is 4.76. The van der Waals surface area contributed by atoms with Gasteiger partial charge in [-0.3, -0.25) is 4.99 Å². The minimum atomic E-state index is -0.518. The van der Waals surface area contributed by atoms with Crippen LogP contribution in [-0.4, -0.2) is 49.6 Å². The van der Waals surface area contributed by atoms with Crippen LogP contribution in [0.3, 0.4) is 0 Å². The number of aliphatic hydroxyl groups excluding tert-OH is 1. The second kappa shape index (κ2) is 11.1. The molecule has 0 amide bonds. The molecule has 0 fully saturated rings. The molecule has 0 bridgehead atoms. The number of terminal acetylenes is 1. The summed E-state index contributed by atoms with van der Waals surface area (Å²) in [7, 11) is 3.84. The zero-order valence-corrected chi connectivity index (χ0v) is 12.8. The van der Waals surface area contributed by atoms with E-state index in [-0.39, 0.29) is 5.92 Å². The van der Waals surface area contributed by atoms with E-state index < -0.39 is 6.10 Å². The maximum atomic E-state index is 10.1. The van der Waals surface area contributed by atoms with Gasteiger partial charge < -0.3 is 15.4 Å². The summed E-state index contributed by atoms with van der Waals surface area (Å²) in [6.07, 6.45) is 11.9. The number of aliphatic imine (C=N–C) groups is 1. The number of hydrogen-bond acceptors (Lipinski definition) is 4. The zero-order chi connectivity index (χ0) is 15.4. The van der Waals surface area contributed by atoms with Gasteiger partial charge in [0.05, 0.1) is 25.5 Å². The lowest BCUT2D eigenvalue weighted by molar-refractivity contribution is 0.172. The molecular formula is C15H26N4O. The standard InChI is InChI=1S/C15H26N4O/c1-6-9-17-18-11-8-14(3)15(20)13(2)7-10-16-12-19(4)5/h1,7-8,11-12,14-15,17-18,20H,9-10H2,2-5H3/b11-8-,13-7-,16-12?. The molecule has 5 nitrogen and oxygen atoms in total. The molecule has 3 N–H and O–H groups in total. The first-order chi connectivity index (χ1) is 9.49. The average molecular weight is 278 g/mol. The fourth-order valence-electron chi connectivity index (χ4n) is 1.41. The summed E-state index contributed by atoms with van der Waals surface area (Å²) in [6.45, 7) is 4.87. The van der Waals surface area contributed by atoms with Crippen molar-refractivity contribution in [2.24, 2.45) is 10.9 Å². The third-order valence-electron chi connectivity index (χ3n) is 2.57. The van der Waals surface area contributed by atoms with Crippen molar-refractivity contribution in [3.05, 3.63) is 23.9 Å². The second-order valence-corrected chi connectivity index (χ2v) is 4.76. The Kier molecular flexibility index (Phi) is 10.1. The average Bonchev–Trinajstić information content (AvgIpc) is 2.41. The minimum Gasteiger partial charge on any atom is -0.388 e. The van der Waals surface area contributed by atoms with E-state index in [4.69, 9.17) is 6.42 Å². The molecule has 0 saturated heterocycles. The van der Waals surface area contributed by atoms with Gasteiger partial charge >= 0.3 is 0 Å². The fraction of sp³-hybridized carbons (Fsp3) is 0.533. The first kappa shape index (κ1) is 18.2. The number of nitrogens with one attached hydrogen (secondary N) is 2. The molecule has 0 aromatic carbocycles. The summed E-state index contributed by atoms with van der Waals surface area (Å²) in [5.41, 5.74) is 6.57. The number of rotatable bonds is 9. The van der Waals surface area contributed by atoms with Crippen molar-refractivity contribution in [3.63, 3.8) is 0 Å². The Bertz CT molecular complexity index is 380. The zero-order valence-electron chi connectivity index (χ0n) is 12.8. The highest BCUT2D eigenvalue weighted by Gasteiger charge is 2.12. The van der Waals surface area contributed by atoms with E-state index in [1.807, 2.05) is 45.0 Å². The van der Waals surface area contributed by atoms with Crippen molar-refractivity contribution in [2.45, 2.75) is 20.0 Å². The van der Waals surface area contributed by atoms with Gasteiger partial charge in [0, 0.05) is 26.2 Å². The molecule has 2 atom stereocenters. The molecule has 0 spiro atoms. The molecule has 0 aromatic rings. The van der Waals surface area contributed by atoms with Crippen LogP contribution in [-0.2, 0) is 0 Å². The lowest BCUT2D eigenvalue weighted by atomic mass is 9.98. The predicted molar refractivity (Wildman–Crippen MR) is 85.1 cm³/mol. The van der Waals surface area contributed by atoms with Crippen LogP contribution in [0.1, 0.15) is 13.8 Å². The maximum Gasteiger partial charge on any atom is 0.0848 e. The molecule has 0 rings (SSSR count). The van der Waals surface area contributed by atoms with E-state index in [1.165, 1.54) is 0 Å². The highest BCUT2D eigenvalue weighted by atomic mass is 16.3. The van der Waals surface area contributed by atoms with Gasteiger partial charge in [-0.25, -0.2) is 5.43 Å². The molecular weight excluding hydrogens is 252 g/mol. The van der Waals surface area contributed by atoms with Gasteiger partial charge in [-0.1, -0.05) is 25.0 Å². The third kappa shape index (κ3) is 9.20. The SMILES string of the molecule is C#CCNN/C=C\C(C)C(O)/C(C)=C\CN=CN(C)C. The van der Waals surface area contributed by atoms with E-state index >= 15 is 0 Å². The Morgan fingerprint density at radius 1 is 1.50 bits per heavy atom. The van der Waals surface area contributed by atoms with Gasteiger partial charge in [0.1, 0.15) is 0 Å². The Balaban J connectivity index is 4.17. The molecule has 5 heteroatoms. The van der Waals surface area contributed by atoms with Crippen molar-refractivity contribution in [2.75, 3.05) is 27.2 Å². The molecule has 0 aliphatic carbocycles. The van der Waals surface area contributed by atoms with Crippen LogP contribution in [0, 0.1) is 18.3 Å². The monoisotopic (exact) mass is 278 g/mol. The van der Waals surface area contributed by atoms with Gasteiger partial charge in [0.15, 0.2) is 0 Å². The van der Waals surface area contributed by atoms with E-state index in [9.17, 15) is 5.11 Å². The summed E-state index contributed by atoms with van der Waals surface area (Å²) in [5, 5.41) is 10.1. The first-order valence-electron chi connectivity index (χ1n) is 6.58. The van der Waals surface area contributed by atoms with E-state index in [2.05, 4.69) is 21.8 Å². The van der Waals surface area contributed by atoms with Gasteiger partial charge in [0.25, 0.3) is 0 Å². The Morgan fingerprint density at radius 3 is 2.80 bits per heavy atom. The van der Waals surface area contributed by atoms with Crippen LogP contribution < -0.4 is 10.9 Å². The maximum absolute atomic E-state index is 10.1. The quantitative estimate of drug-likeness (QED) is 0.146. The summed E-state index contributed by atoms with van der Waals surface area (Å²) in [5.74, 6) is 2.45. The number of hydrazine groups is 1. The fourth-order valence-corrected chi connectivity index (χ4v) is 1.41. The molecule has 0 aliphatic rings. The Morgan fingerprint density at radius 2 is 2.20 bits per heavy atom. The summed E-state index contributed by atoms with van der Waals surface area (Å²) in [4.78, 5) is 6.08. The molecule has 0 aliphatic heterocycles. The summed E-state index contributed by atoms with van der Waals surface area (Å²) >= 11 is 0. The highest BCUT2D eigenvalue weighted by Crippen LogP contribution is 2.13. The Labute approximate surface area is 122 Å². The third-order valence-corrected chi connectivity index (χ3v) is 2.57. The molecule has 0 heterocycles. The van der Waals surface area contributed by atoms with Gasteiger partial charge in [0.2, 0.25) is 0 Å². The summed E-state index contributed by atoms with van der Waals surface area (Å²) in [6, 6.07) is 0. The minimum absolute atomic E-state index is 0.00390. The predicted octanol–water partition coefficient (Wildman–Crippen LogP) is 0.761. The Hall–Kier alpha value is -1.77. The van der Waals surface area contributed by atoms with Crippen LogP contribution in [0.15, 0.2) is 28.9 Å². The van der Waals surface area contributed by atoms with Crippen LogP contribution in [0.2, 0.25) is 0 Å². The summed E-state index contributed by atoms with van der Waals surface area (Å²) < 4.78 is 0. The van der Waals surface area contributed by atoms with Crippen molar-refractivity contribution >= 4 is 6.34 Å². The molecule has 0 saturated carbocycles. The normalized spacial score (nSPS) is 15.3. The molecule has 0 radical (unpaired) electrons. The van der Waals surface area contributed by atoms with Crippen LogP contribution in [0.4, 0.5) is 0 Å². The molecule has 20 heavy (non-hydrogen) atoms. The first-order valence-corrected chi connectivity index (χ1v) is 6.58. The van der Waals surface area contributed by atoms with Crippen molar-refractivity contribution in [1.82, 2.24) is 15.8 Å². The topological polar surface area (TPSA) is 59.9 Å². The molecule has 112 valence electrons. The largest absolute Gasteiger partial charge is 0.388 e. The van der Waals surface area contributed by atoms with Gasteiger partial charge in [-0.15, -0.1) is 6.42 Å². The van der Waals surface area contributed by atoms with Crippen molar-refractivity contribution < 1.29 is 5.11 Å². The van der Waals surface area contributed by atoms with Crippen LogP contribution in [0.25, 0.3) is 0 Å². The smallest absolute Gasteiger partial charge is 0.0848 e. The molecule has 2 unspecified atom stereocenters. The number of hydrogen-bond donors (Lipinski definition) is 3. The lowest BCUT2D eigenvalue weighted by Gasteiger charge is -2.16. The van der Waals surface area contributed by atoms with Gasteiger partial charge in [-0.2, -0.15) is 0 Å². The van der Waals surface area contributed by atoms with E-state index in [1.54, 1.807) is 12.5 Å². The van der Waals surface area contributed by atoms with E-state index in [0.29, 0.717) is 13.1 Å². The molecule has 0 aromatic heterocycles. The van der Waals surface area contributed by atoms with Gasteiger partial charge in [-0.05, 0) is 12.5 Å². The van der Waals surface area contributed by atoms with Crippen LogP contribution >= 0.6 is 0 Å².